The summed E-state index contributed by atoms with van der Waals surface area (Å²) in [6, 6.07) is 8.13. The monoisotopic (exact) mass is 222 g/mol. The van der Waals surface area contributed by atoms with E-state index < -0.39 is 0 Å². The van der Waals surface area contributed by atoms with Crippen molar-refractivity contribution in [3.63, 3.8) is 0 Å². The lowest BCUT2D eigenvalue weighted by Crippen LogP contribution is -2.82. The predicted molar refractivity (Wildman–Crippen MR) is 66.7 cm³/mol. The molecule has 0 bridgehead atoms. The number of benzene rings is 1. The maximum atomic E-state index is 5.00. The Kier molecular flexibility index (Phi) is 4.77. The second-order valence-electron chi connectivity index (χ2n) is 3.13. The number of nitrogens with one attached hydrogen (secondary N) is 3. The molecule has 0 saturated carbocycles. The Labute approximate surface area is 95.6 Å². The molecule has 3 nitrogen and oxygen atoms in total. The second kappa shape index (κ2) is 6.14. The van der Waals surface area contributed by atoms with Crippen LogP contribution in [0, 0.1) is 6.92 Å². The normalized spacial score (nSPS) is 10.3. The van der Waals surface area contributed by atoms with Crippen LogP contribution in [-0.4, -0.2) is 17.9 Å². The number of rotatable bonds is 3. The molecule has 0 aliphatic carbocycles. The molecule has 0 aliphatic rings. The molecule has 0 saturated heterocycles. The summed E-state index contributed by atoms with van der Waals surface area (Å²) >= 11 is 5.00. The Morgan fingerprint density at radius 1 is 1.47 bits per heavy atom. The minimum Gasteiger partial charge on any atom is -0.359 e. The maximum absolute atomic E-state index is 5.00. The molecule has 4 heteroatoms. The molecule has 1 rings (SSSR count). The molecular weight excluding hydrogens is 206 g/mol. The summed E-state index contributed by atoms with van der Waals surface area (Å²) in [4.78, 5) is 0. The van der Waals surface area contributed by atoms with Crippen molar-refractivity contribution in [3.8, 4) is 0 Å². The molecule has 15 heavy (non-hydrogen) atoms. The van der Waals surface area contributed by atoms with Gasteiger partial charge in [-0.1, -0.05) is 18.2 Å². The van der Waals surface area contributed by atoms with Gasteiger partial charge in [-0.15, -0.1) is 10.5 Å². The lowest BCUT2D eigenvalue weighted by molar-refractivity contribution is -0.500. The number of thiocarbonyl (C=S) groups is 1. The van der Waals surface area contributed by atoms with Gasteiger partial charge in [0.2, 0.25) is 5.11 Å². The average Bonchev–Trinajstić information content (AvgIpc) is 2.21. The number of hydrogen-bond acceptors (Lipinski definition) is 1. The highest BCUT2D eigenvalue weighted by Crippen LogP contribution is 2.01. The van der Waals surface area contributed by atoms with Gasteiger partial charge < -0.3 is 5.32 Å². The molecule has 1 aromatic carbocycles. The summed E-state index contributed by atoms with van der Waals surface area (Å²) in [7, 11) is 0. The topological polar surface area (TPSA) is 38.0 Å². The third kappa shape index (κ3) is 4.08. The van der Waals surface area contributed by atoms with Gasteiger partial charge in [0, 0.05) is 12.1 Å². The highest BCUT2D eigenvalue weighted by molar-refractivity contribution is 7.80. The van der Waals surface area contributed by atoms with Crippen LogP contribution in [0.15, 0.2) is 24.3 Å². The van der Waals surface area contributed by atoms with Crippen molar-refractivity contribution in [2.75, 3.05) is 6.54 Å². The highest BCUT2D eigenvalue weighted by atomic mass is 32.1. The van der Waals surface area contributed by atoms with Crippen LogP contribution in [0.2, 0.25) is 0 Å². The molecule has 0 atom stereocenters. The van der Waals surface area contributed by atoms with Gasteiger partial charge in [-0.3, -0.25) is 0 Å². The summed E-state index contributed by atoms with van der Waals surface area (Å²) in [5, 5.41) is 6.53. The molecule has 0 aromatic heterocycles. The molecule has 0 radical (unpaired) electrons. The van der Waals surface area contributed by atoms with Gasteiger partial charge in [-0.25, -0.2) is 0 Å². The number of hydrazone groups is 1. The zero-order chi connectivity index (χ0) is 11.1. The van der Waals surface area contributed by atoms with Crippen LogP contribution >= 0.6 is 12.2 Å². The van der Waals surface area contributed by atoms with E-state index in [4.69, 9.17) is 12.2 Å². The predicted octanol–water partition coefficient (Wildman–Crippen LogP) is -0.106. The van der Waals surface area contributed by atoms with Crippen LogP contribution in [0.3, 0.4) is 0 Å². The van der Waals surface area contributed by atoms with E-state index in [0.717, 1.165) is 12.1 Å². The van der Waals surface area contributed by atoms with Gasteiger partial charge in [0.15, 0.2) is 6.21 Å². The first kappa shape index (κ1) is 11.7. The summed E-state index contributed by atoms with van der Waals surface area (Å²) in [5.74, 6) is 0. The summed E-state index contributed by atoms with van der Waals surface area (Å²) < 4.78 is 0. The minimum absolute atomic E-state index is 0.599. The molecule has 0 amide bonds. The van der Waals surface area contributed by atoms with Crippen LogP contribution in [0.1, 0.15) is 18.1 Å². The van der Waals surface area contributed by atoms with Gasteiger partial charge in [0.05, 0.1) is 0 Å². The van der Waals surface area contributed by atoms with Crippen molar-refractivity contribution in [3.05, 3.63) is 35.4 Å². The van der Waals surface area contributed by atoms with Gasteiger partial charge in [0.1, 0.15) is 0 Å². The van der Waals surface area contributed by atoms with Gasteiger partial charge in [-0.05, 0) is 37.7 Å². The van der Waals surface area contributed by atoms with Crippen LogP contribution in [-0.2, 0) is 0 Å². The quantitative estimate of drug-likeness (QED) is 0.380. The van der Waals surface area contributed by atoms with Crippen molar-refractivity contribution < 1.29 is 5.10 Å². The van der Waals surface area contributed by atoms with Crippen molar-refractivity contribution in [2.45, 2.75) is 13.8 Å². The highest BCUT2D eigenvalue weighted by Gasteiger charge is 1.96. The minimum atomic E-state index is 0.599. The Bertz CT molecular complexity index is 361. The Morgan fingerprint density at radius 2 is 2.20 bits per heavy atom. The van der Waals surface area contributed by atoms with Crippen molar-refractivity contribution >= 4 is 23.5 Å². The molecule has 3 N–H and O–H groups in total. The van der Waals surface area contributed by atoms with Crippen molar-refractivity contribution in [1.29, 1.82) is 0 Å². The van der Waals surface area contributed by atoms with E-state index in [0.29, 0.717) is 5.11 Å². The fraction of sp³-hybridized carbons (Fsp3) is 0.273. The Hall–Kier alpha value is -1.42. The van der Waals surface area contributed by atoms with Crippen LogP contribution in [0.4, 0.5) is 0 Å². The third-order valence-corrected chi connectivity index (χ3v) is 2.19. The molecule has 80 valence electrons. The standard InChI is InChI=1S/C11H15N3S/c1-3-12-11(15)14-13-8-10-7-5-4-6-9(10)2/h4-8H,3H2,1-2H3,(H2,12,14,15)/p+1. The SMILES string of the molecule is CCNC(=S)N[NH+]=Cc1ccccc1C. The number of hydrazine groups is 1. The fourth-order valence-electron chi connectivity index (χ4n) is 1.13. The van der Waals surface area contributed by atoms with Crippen LogP contribution < -0.4 is 15.8 Å². The van der Waals surface area contributed by atoms with Crippen molar-refractivity contribution in [1.82, 2.24) is 10.7 Å². The summed E-state index contributed by atoms with van der Waals surface area (Å²) in [5.41, 5.74) is 5.24. The fourth-order valence-corrected chi connectivity index (χ4v) is 1.34. The lowest BCUT2D eigenvalue weighted by Gasteiger charge is -1.99. The summed E-state index contributed by atoms with van der Waals surface area (Å²) in [6.45, 7) is 4.88. The van der Waals surface area contributed by atoms with Gasteiger partial charge in [-0.2, -0.15) is 0 Å². The van der Waals surface area contributed by atoms with Crippen LogP contribution in [0.25, 0.3) is 0 Å². The van der Waals surface area contributed by atoms with E-state index in [-0.39, 0.29) is 0 Å². The molecule has 0 heterocycles. The van der Waals surface area contributed by atoms with Gasteiger partial charge >= 0.3 is 0 Å². The third-order valence-electron chi connectivity index (χ3n) is 1.94. The summed E-state index contributed by atoms with van der Waals surface area (Å²) in [6.07, 6.45) is 1.89. The first-order chi connectivity index (χ1) is 7.24. The molecular formula is C11H16N3S+. The van der Waals surface area contributed by atoms with E-state index in [1.54, 1.807) is 0 Å². The van der Waals surface area contributed by atoms with E-state index in [1.165, 1.54) is 5.56 Å². The van der Waals surface area contributed by atoms with Crippen molar-refractivity contribution in [2.24, 2.45) is 0 Å². The maximum Gasteiger partial charge on any atom is 0.223 e. The molecule has 0 fully saturated rings. The lowest BCUT2D eigenvalue weighted by atomic mass is 10.1. The Morgan fingerprint density at radius 3 is 2.87 bits per heavy atom. The smallest absolute Gasteiger partial charge is 0.223 e. The van der Waals surface area contributed by atoms with Crippen LogP contribution in [0.5, 0.6) is 0 Å². The first-order valence-electron chi connectivity index (χ1n) is 4.92. The first-order valence-corrected chi connectivity index (χ1v) is 5.33. The second-order valence-corrected chi connectivity index (χ2v) is 3.54. The number of aryl methyl sites for hydroxylation is 1. The molecule has 1 aromatic rings. The zero-order valence-electron chi connectivity index (χ0n) is 9.00. The van der Waals surface area contributed by atoms with E-state index in [9.17, 15) is 0 Å². The van der Waals surface area contributed by atoms with E-state index >= 15 is 0 Å². The Balaban J connectivity index is 2.52. The molecule has 0 spiro atoms. The van der Waals surface area contributed by atoms with Gasteiger partial charge in [0.25, 0.3) is 0 Å². The number of hydrogen-bond donors (Lipinski definition) is 3. The molecule has 0 aliphatic heterocycles. The van der Waals surface area contributed by atoms with E-state index in [2.05, 4.69) is 28.8 Å². The average molecular weight is 222 g/mol. The van der Waals surface area contributed by atoms with E-state index in [1.807, 2.05) is 31.3 Å². The largest absolute Gasteiger partial charge is 0.359 e. The zero-order valence-corrected chi connectivity index (χ0v) is 9.82. The molecule has 0 unspecified atom stereocenters.